The lowest BCUT2D eigenvalue weighted by Gasteiger charge is -2.29. The third-order valence-corrected chi connectivity index (χ3v) is 4.15. The van der Waals surface area contributed by atoms with Crippen LogP contribution in [-0.2, 0) is 16.1 Å². The van der Waals surface area contributed by atoms with Gasteiger partial charge in [-0.2, -0.15) is 0 Å². The minimum atomic E-state index is -0.592. The van der Waals surface area contributed by atoms with Gasteiger partial charge in [-0.3, -0.25) is 19.7 Å². The number of hydrogen-bond acceptors (Lipinski definition) is 3. The lowest BCUT2D eigenvalue weighted by atomic mass is 9.96. The van der Waals surface area contributed by atoms with Gasteiger partial charge in [0.1, 0.15) is 6.04 Å². The van der Waals surface area contributed by atoms with Crippen molar-refractivity contribution < 1.29 is 14.4 Å². The molecule has 0 aromatic heterocycles. The van der Waals surface area contributed by atoms with Gasteiger partial charge in [0.2, 0.25) is 11.8 Å². The van der Waals surface area contributed by atoms with Crippen LogP contribution in [0.5, 0.6) is 0 Å². The van der Waals surface area contributed by atoms with Crippen molar-refractivity contribution >= 4 is 17.7 Å². The molecule has 5 heteroatoms. The molecule has 2 heterocycles. The lowest BCUT2D eigenvalue weighted by molar-refractivity contribution is -0.136. The molecule has 1 N–H and O–H groups in total. The number of nitrogens with zero attached hydrogens (tertiary/aromatic N) is 1. The van der Waals surface area contributed by atoms with E-state index in [0.29, 0.717) is 18.5 Å². The van der Waals surface area contributed by atoms with E-state index in [9.17, 15) is 14.4 Å². The number of fused-ring (bicyclic) bond motifs is 1. The third-order valence-electron chi connectivity index (χ3n) is 4.15. The van der Waals surface area contributed by atoms with E-state index in [0.717, 1.165) is 11.1 Å². The van der Waals surface area contributed by atoms with Crippen LogP contribution < -0.4 is 5.32 Å². The normalized spacial score (nSPS) is 20.4. The molecule has 2 aliphatic heterocycles. The van der Waals surface area contributed by atoms with E-state index in [1.54, 1.807) is 11.0 Å². The molecule has 3 rings (SSSR count). The fraction of sp³-hybridized carbons (Fsp3) is 0.421. The van der Waals surface area contributed by atoms with Gasteiger partial charge >= 0.3 is 0 Å². The van der Waals surface area contributed by atoms with Crippen LogP contribution in [0.15, 0.2) is 18.2 Å². The van der Waals surface area contributed by atoms with E-state index in [4.69, 9.17) is 0 Å². The summed E-state index contributed by atoms with van der Waals surface area (Å²) in [6, 6.07) is 4.90. The van der Waals surface area contributed by atoms with Gasteiger partial charge in [0, 0.05) is 29.5 Å². The van der Waals surface area contributed by atoms with Gasteiger partial charge in [0.05, 0.1) is 0 Å². The van der Waals surface area contributed by atoms with E-state index in [2.05, 4.69) is 17.2 Å². The minimum Gasteiger partial charge on any atom is -0.322 e. The van der Waals surface area contributed by atoms with Crippen molar-refractivity contribution in [1.29, 1.82) is 0 Å². The average molecular weight is 324 g/mol. The summed E-state index contributed by atoms with van der Waals surface area (Å²) >= 11 is 0. The monoisotopic (exact) mass is 324 g/mol. The molecule has 0 bridgehead atoms. The first kappa shape index (κ1) is 16.3. The SMILES string of the molecule is CC(C)(C)C#Cc1cccc2c1CN(C1CCC(=O)NC1=O)C2=O. The first-order valence-electron chi connectivity index (χ1n) is 8.06. The Labute approximate surface area is 141 Å². The Morgan fingerprint density at radius 2 is 1.96 bits per heavy atom. The Kier molecular flexibility index (Phi) is 3.92. The summed E-state index contributed by atoms with van der Waals surface area (Å²) < 4.78 is 0. The number of carbonyl (C=O) groups excluding carboxylic acids is 3. The smallest absolute Gasteiger partial charge is 0.255 e. The van der Waals surface area contributed by atoms with E-state index in [1.807, 2.05) is 32.9 Å². The number of benzene rings is 1. The second kappa shape index (κ2) is 5.79. The van der Waals surface area contributed by atoms with Crippen molar-refractivity contribution in [3.63, 3.8) is 0 Å². The van der Waals surface area contributed by atoms with E-state index in [-0.39, 0.29) is 23.7 Å². The molecular formula is C19H20N2O3. The number of hydrogen-bond donors (Lipinski definition) is 1. The number of rotatable bonds is 1. The molecule has 0 radical (unpaired) electrons. The molecule has 2 aliphatic rings. The molecule has 5 nitrogen and oxygen atoms in total. The van der Waals surface area contributed by atoms with Crippen molar-refractivity contribution in [3.8, 4) is 11.8 Å². The van der Waals surface area contributed by atoms with Gasteiger partial charge in [-0.05, 0) is 44.9 Å². The maximum absolute atomic E-state index is 12.7. The Balaban J connectivity index is 1.91. The lowest BCUT2D eigenvalue weighted by Crippen LogP contribution is -2.52. The van der Waals surface area contributed by atoms with Crippen LogP contribution in [0.25, 0.3) is 0 Å². The van der Waals surface area contributed by atoms with Crippen molar-refractivity contribution in [3.05, 3.63) is 34.9 Å². The summed E-state index contributed by atoms with van der Waals surface area (Å²) in [5, 5.41) is 2.31. The van der Waals surface area contributed by atoms with Crippen LogP contribution >= 0.6 is 0 Å². The molecule has 0 aliphatic carbocycles. The highest BCUT2D eigenvalue weighted by Gasteiger charge is 2.39. The zero-order valence-electron chi connectivity index (χ0n) is 14.1. The summed E-state index contributed by atoms with van der Waals surface area (Å²) in [6.45, 7) is 6.45. The van der Waals surface area contributed by atoms with Crippen LogP contribution in [0.4, 0.5) is 0 Å². The molecule has 1 fully saturated rings. The van der Waals surface area contributed by atoms with Gasteiger partial charge in [-0.15, -0.1) is 0 Å². The largest absolute Gasteiger partial charge is 0.322 e. The molecule has 1 aromatic rings. The predicted molar refractivity (Wildman–Crippen MR) is 88.8 cm³/mol. The van der Waals surface area contributed by atoms with Gasteiger partial charge in [-0.25, -0.2) is 0 Å². The van der Waals surface area contributed by atoms with Gasteiger partial charge in [0.15, 0.2) is 0 Å². The summed E-state index contributed by atoms with van der Waals surface area (Å²) in [7, 11) is 0. The molecule has 0 spiro atoms. The summed E-state index contributed by atoms with van der Waals surface area (Å²) in [6.07, 6.45) is 0.626. The predicted octanol–water partition coefficient (Wildman–Crippen LogP) is 1.85. The number of piperidine rings is 1. The highest BCUT2D eigenvalue weighted by molar-refractivity contribution is 6.05. The summed E-state index contributed by atoms with van der Waals surface area (Å²) in [4.78, 5) is 37.6. The zero-order valence-corrected chi connectivity index (χ0v) is 14.1. The summed E-state index contributed by atoms with van der Waals surface area (Å²) in [5.41, 5.74) is 2.16. The molecule has 1 atom stereocenters. The van der Waals surface area contributed by atoms with Crippen LogP contribution in [-0.4, -0.2) is 28.7 Å². The quantitative estimate of drug-likeness (QED) is 0.633. The topological polar surface area (TPSA) is 66.5 Å². The number of nitrogens with one attached hydrogen (secondary N) is 1. The molecule has 0 saturated carbocycles. The standard InChI is InChI=1S/C19H20N2O3/c1-19(2,3)10-9-12-5-4-6-13-14(12)11-21(18(13)24)15-7-8-16(22)20-17(15)23/h4-6,15H,7-8,11H2,1-3H3,(H,20,22,23). The fourth-order valence-electron chi connectivity index (χ4n) is 2.96. The van der Waals surface area contributed by atoms with Gasteiger partial charge < -0.3 is 4.90 Å². The molecule has 24 heavy (non-hydrogen) atoms. The second-order valence-electron chi connectivity index (χ2n) is 7.23. The number of amides is 3. The van der Waals surface area contributed by atoms with Crippen molar-refractivity contribution in [2.24, 2.45) is 5.41 Å². The average Bonchev–Trinajstić information content (AvgIpc) is 2.82. The molecule has 1 unspecified atom stereocenters. The van der Waals surface area contributed by atoms with Crippen LogP contribution in [0, 0.1) is 17.3 Å². The third kappa shape index (κ3) is 3.05. The van der Waals surface area contributed by atoms with Crippen molar-refractivity contribution in [2.45, 2.75) is 46.2 Å². The molecular weight excluding hydrogens is 304 g/mol. The minimum absolute atomic E-state index is 0.130. The first-order valence-corrected chi connectivity index (χ1v) is 8.06. The number of carbonyl (C=O) groups is 3. The van der Waals surface area contributed by atoms with Crippen LogP contribution in [0.2, 0.25) is 0 Å². The van der Waals surface area contributed by atoms with E-state index in [1.165, 1.54) is 0 Å². The Morgan fingerprint density at radius 1 is 1.21 bits per heavy atom. The van der Waals surface area contributed by atoms with Gasteiger partial charge in [-0.1, -0.05) is 17.9 Å². The second-order valence-corrected chi connectivity index (χ2v) is 7.23. The Bertz CT molecular complexity index is 793. The molecule has 3 amide bonds. The maximum atomic E-state index is 12.7. The van der Waals surface area contributed by atoms with E-state index >= 15 is 0 Å². The van der Waals surface area contributed by atoms with E-state index < -0.39 is 11.9 Å². The van der Waals surface area contributed by atoms with Crippen molar-refractivity contribution in [2.75, 3.05) is 0 Å². The zero-order chi connectivity index (χ0) is 17.5. The Morgan fingerprint density at radius 3 is 2.62 bits per heavy atom. The summed E-state index contributed by atoms with van der Waals surface area (Å²) in [5.74, 6) is 5.51. The highest BCUT2D eigenvalue weighted by atomic mass is 16.2. The van der Waals surface area contributed by atoms with Crippen LogP contribution in [0.1, 0.15) is 55.1 Å². The Hall–Kier alpha value is -2.61. The fourth-order valence-corrected chi connectivity index (χ4v) is 2.96. The van der Waals surface area contributed by atoms with Gasteiger partial charge in [0.25, 0.3) is 5.91 Å². The first-order chi connectivity index (χ1) is 11.3. The van der Waals surface area contributed by atoms with Crippen LogP contribution in [0.3, 0.4) is 0 Å². The number of imide groups is 1. The highest BCUT2D eigenvalue weighted by Crippen LogP contribution is 2.29. The van der Waals surface area contributed by atoms with Crippen molar-refractivity contribution in [1.82, 2.24) is 10.2 Å². The maximum Gasteiger partial charge on any atom is 0.255 e. The molecule has 124 valence electrons. The molecule has 1 aromatic carbocycles. The molecule has 1 saturated heterocycles.